The van der Waals surface area contributed by atoms with E-state index in [1.54, 1.807) is 13.2 Å². The minimum absolute atomic E-state index is 0.590. The molecule has 0 aliphatic heterocycles. The number of pyridine rings is 1. The number of fused-ring (bicyclic) bond motifs is 1. The number of rotatable bonds is 2. The largest absolute Gasteiger partial charge is 0.481 e. The highest BCUT2D eigenvalue weighted by atomic mass is 35.5. The first kappa shape index (κ1) is 10.1. The molecule has 0 spiro atoms. The molecule has 1 aromatic heterocycles. The summed E-state index contributed by atoms with van der Waals surface area (Å²) in [5.74, 6) is 1.20. The smallest absolute Gasteiger partial charge is 0.213 e. The van der Waals surface area contributed by atoms with Crippen LogP contribution in [0.2, 0.25) is 0 Å². The van der Waals surface area contributed by atoms with Crippen LogP contribution in [-0.4, -0.2) is 12.1 Å². The maximum absolute atomic E-state index is 5.29. The second-order valence-electron chi connectivity index (χ2n) is 3.21. The first-order valence-corrected chi connectivity index (χ1v) is 4.79. The van der Waals surface area contributed by atoms with Crippen molar-refractivity contribution in [3.05, 3.63) is 30.0 Å². The minimum Gasteiger partial charge on any atom is -0.481 e. The van der Waals surface area contributed by atoms with E-state index in [4.69, 9.17) is 16.6 Å². The van der Waals surface area contributed by atoms with Crippen LogP contribution >= 0.6 is 11.9 Å². The number of nitrogens with zero attached hydrogens (tertiary/aromatic N) is 1. The summed E-state index contributed by atoms with van der Waals surface area (Å²) in [6, 6.07) is 7.42. The molecule has 0 saturated carbocycles. The summed E-state index contributed by atoms with van der Waals surface area (Å²) in [6.07, 6.45) is 0. The zero-order chi connectivity index (χ0) is 10.8. The van der Waals surface area contributed by atoms with Crippen molar-refractivity contribution in [3.63, 3.8) is 0 Å². The monoisotopic (exact) mass is 223 g/mol. The molecule has 0 aliphatic rings. The fourth-order valence-corrected chi connectivity index (χ4v) is 1.63. The molecule has 3 nitrogen and oxygen atoms in total. The first-order valence-electron chi connectivity index (χ1n) is 4.48. The highest BCUT2D eigenvalue weighted by molar-refractivity contribution is 6.09. The van der Waals surface area contributed by atoms with Crippen molar-refractivity contribution >= 4 is 22.6 Å². The molecule has 0 fully saturated rings. The third-order valence-electron chi connectivity index (χ3n) is 2.27. The van der Waals surface area contributed by atoms with Gasteiger partial charge in [-0.3, -0.25) is 0 Å². The van der Waals surface area contributed by atoms with Crippen LogP contribution < -0.4 is 9.03 Å². The number of aryl methyl sites for hydroxylation is 1. The van der Waals surface area contributed by atoms with Gasteiger partial charge in [-0.25, -0.2) is 4.98 Å². The summed E-state index contributed by atoms with van der Waals surface area (Å²) in [7, 11) is 1.59. The molecule has 0 aliphatic carbocycles. The molecule has 0 unspecified atom stereocenters. The van der Waals surface area contributed by atoms with Gasteiger partial charge in [0.05, 0.1) is 7.11 Å². The molecule has 4 heteroatoms. The van der Waals surface area contributed by atoms with E-state index in [1.165, 1.54) is 0 Å². The number of ether oxygens (including phenoxy) is 1. The van der Waals surface area contributed by atoms with Gasteiger partial charge in [0.15, 0.2) is 0 Å². The molecule has 1 heterocycles. The van der Waals surface area contributed by atoms with Gasteiger partial charge in [-0.05, 0) is 30.5 Å². The number of benzene rings is 1. The lowest BCUT2D eigenvalue weighted by atomic mass is 10.1. The summed E-state index contributed by atoms with van der Waals surface area (Å²) in [4.78, 5) is 4.28. The summed E-state index contributed by atoms with van der Waals surface area (Å²) >= 11 is 5.29. The molecular weight excluding hydrogens is 214 g/mol. The van der Waals surface area contributed by atoms with E-state index < -0.39 is 0 Å². The molecule has 15 heavy (non-hydrogen) atoms. The van der Waals surface area contributed by atoms with E-state index in [2.05, 4.69) is 9.27 Å². The van der Waals surface area contributed by atoms with Crippen LogP contribution in [0.3, 0.4) is 0 Å². The quantitative estimate of drug-likeness (QED) is 0.784. The van der Waals surface area contributed by atoms with Gasteiger partial charge >= 0.3 is 0 Å². The van der Waals surface area contributed by atoms with Gasteiger partial charge in [0.1, 0.15) is 17.6 Å². The van der Waals surface area contributed by atoms with Crippen molar-refractivity contribution < 1.29 is 9.03 Å². The van der Waals surface area contributed by atoms with E-state index in [1.807, 2.05) is 25.1 Å². The summed E-state index contributed by atoms with van der Waals surface area (Å²) in [5.41, 5.74) is 0.922. The average Bonchev–Trinajstić information content (AvgIpc) is 2.28. The Hall–Kier alpha value is -1.48. The molecular formula is C11H10ClNO2. The van der Waals surface area contributed by atoms with Gasteiger partial charge < -0.3 is 9.03 Å². The maximum Gasteiger partial charge on any atom is 0.213 e. The topological polar surface area (TPSA) is 31.4 Å². The summed E-state index contributed by atoms with van der Waals surface area (Å²) in [5, 5.41) is 2.06. The third kappa shape index (κ3) is 1.83. The van der Waals surface area contributed by atoms with E-state index in [-0.39, 0.29) is 0 Å². The molecule has 0 bridgehead atoms. The van der Waals surface area contributed by atoms with Gasteiger partial charge in [0.25, 0.3) is 0 Å². The lowest BCUT2D eigenvalue weighted by molar-refractivity contribution is 0.398. The lowest BCUT2D eigenvalue weighted by Crippen LogP contribution is -1.91. The van der Waals surface area contributed by atoms with Crippen LogP contribution in [0.1, 0.15) is 5.69 Å². The number of methoxy groups -OCH3 is 1. The molecule has 0 saturated heterocycles. The Morgan fingerprint density at radius 3 is 2.73 bits per heavy atom. The fourth-order valence-electron chi connectivity index (χ4n) is 1.53. The third-order valence-corrected chi connectivity index (χ3v) is 2.45. The maximum atomic E-state index is 5.29. The zero-order valence-corrected chi connectivity index (χ0v) is 9.21. The Morgan fingerprint density at radius 1 is 1.27 bits per heavy atom. The Labute approximate surface area is 92.8 Å². The Morgan fingerprint density at radius 2 is 2.07 bits per heavy atom. The van der Waals surface area contributed by atoms with Gasteiger partial charge in [0.2, 0.25) is 5.88 Å². The lowest BCUT2D eigenvalue weighted by Gasteiger charge is -2.06. The van der Waals surface area contributed by atoms with Gasteiger partial charge in [-0.2, -0.15) is 0 Å². The van der Waals surface area contributed by atoms with Gasteiger partial charge in [-0.1, -0.05) is 0 Å². The van der Waals surface area contributed by atoms with Crippen LogP contribution in [-0.2, 0) is 0 Å². The van der Waals surface area contributed by atoms with Crippen molar-refractivity contribution in [2.45, 2.75) is 6.92 Å². The van der Waals surface area contributed by atoms with Crippen LogP contribution in [0.15, 0.2) is 24.3 Å². The predicted octanol–water partition coefficient (Wildman–Crippen LogP) is 3.08. The number of halogens is 1. The van der Waals surface area contributed by atoms with Crippen molar-refractivity contribution in [3.8, 4) is 11.6 Å². The molecule has 78 valence electrons. The number of hydrogen-bond donors (Lipinski definition) is 0. The van der Waals surface area contributed by atoms with E-state index >= 15 is 0 Å². The fraction of sp³-hybridized carbons (Fsp3) is 0.182. The molecule has 0 atom stereocenters. The van der Waals surface area contributed by atoms with Crippen molar-refractivity contribution in [2.24, 2.45) is 0 Å². The van der Waals surface area contributed by atoms with E-state index in [9.17, 15) is 0 Å². The Bertz CT molecular complexity index is 494. The summed E-state index contributed by atoms with van der Waals surface area (Å²) in [6.45, 7) is 1.94. The molecule has 1 aromatic carbocycles. The van der Waals surface area contributed by atoms with Gasteiger partial charge in [0, 0.05) is 17.1 Å². The molecule has 2 aromatic rings. The second kappa shape index (κ2) is 3.95. The highest BCUT2D eigenvalue weighted by Gasteiger charge is 2.04. The van der Waals surface area contributed by atoms with Crippen LogP contribution in [0.4, 0.5) is 0 Å². The van der Waals surface area contributed by atoms with Crippen LogP contribution in [0.5, 0.6) is 11.6 Å². The molecule has 0 amide bonds. The molecule has 0 N–H and O–H groups in total. The Balaban J connectivity index is 2.69. The first-order chi connectivity index (χ1) is 7.24. The summed E-state index contributed by atoms with van der Waals surface area (Å²) < 4.78 is 9.74. The minimum atomic E-state index is 0.590. The predicted molar refractivity (Wildman–Crippen MR) is 59.5 cm³/mol. The number of aromatic nitrogens is 1. The van der Waals surface area contributed by atoms with E-state index in [0.717, 1.165) is 16.5 Å². The van der Waals surface area contributed by atoms with Crippen LogP contribution in [0, 0.1) is 6.92 Å². The molecule has 0 radical (unpaired) electrons. The second-order valence-corrected chi connectivity index (χ2v) is 3.36. The highest BCUT2D eigenvalue weighted by Crippen LogP contribution is 2.26. The molecule has 2 rings (SSSR count). The SMILES string of the molecule is COc1cc2cc(OCl)ccc2c(C)n1. The van der Waals surface area contributed by atoms with Crippen molar-refractivity contribution in [1.82, 2.24) is 4.98 Å². The zero-order valence-electron chi connectivity index (χ0n) is 8.45. The van der Waals surface area contributed by atoms with E-state index in [0.29, 0.717) is 11.6 Å². The Kier molecular flexibility index (Phi) is 2.64. The van der Waals surface area contributed by atoms with Crippen molar-refractivity contribution in [2.75, 3.05) is 7.11 Å². The van der Waals surface area contributed by atoms with Gasteiger partial charge in [-0.15, -0.1) is 0 Å². The normalized spacial score (nSPS) is 10.3. The standard InChI is InChI=1S/C11H10ClNO2/c1-7-10-4-3-9(15-12)5-8(10)6-11(13-7)14-2/h3-6H,1-2H3. The average molecular weight is 224 g/mol. The number of hydrogen-bond acceptors (Lipinski definition) is 3. The van der Waals surface area contributed by atoms with Crippen LogP contribution in [0.25, 0.3) is 10.8 Å². The van der Waals surface area contributed by atoms with Crippen molar-refractivity contribution in [1.29, 1.82) is 0 Å².